The molecule has 0 aliphatic heterocycles. The number of nitrogens with two attached hydrogens (primary N) is 2. The number of thiocarbonyl (C=S) groups is 1. The van der Waals surface area contributed by atoms with Gasteiger partial charge < -0.3 is 15.9 Å². The van der Waals surface area contributed by atoms with Gasteiger partial charge in [0, 0.05) is 11.1 Å². The van der Waals surface area contributed by atoms with E-state index < -0.39 is 11.2 Å². The van der Waals surface area contributed by atoms with Crippen molar-refractivity contribution < 1.29 is 9.21 Å². The van der Waals surface area contributed by atoms with Crippen molar-refractivity contribution in [3.05, 3.63) is 29.8 Å². The fourth-order valence-corrected chi connectivity index (χ4v) is 2.13. The molecule has 1 aromatic heterocycles. The molecule has 0 spiro atoms. The van der Waals surface area contributed by atoms with Gasteiger partial charge in [-0.3, -0.25) is 4.79 Å². The van der Waals surface area contributed by atoms with Gasteiger partial charge in [-0.25, -0.2) is 0 Å². The molecule has 2 rings (SSSR count). The molecule has 104 valence electrons. The first-order chi connectivity index (χ1) is 9.47. The van der Waals surface area contributed by atoms with Crippen molar-refractivity contribution in [1.29, 1.82) is 0 Å². The third-order valence-corrected chi connectivity index (χ3v) is 3.69. The largest absolute Gasteiger partial charge is 0.411 e. The summed E-state index contributed by atoms with van der Waals surface area (Å²) in [7, 11) is 0. The number of aromatic nitrogens is 2. The van der Waals surface area contributed by atoms with Gasteiger partial charge in [0.1, 0.15) is 4.99 Å². The summed E-state index contributed by atoms with van der Waals surface area (Å²) < 4.78 is 5.46. The lowest BCUT2D eigenvalue weighted by molar-refractivity contribution is -0.117. The predicted molar refractivity (Wildman–Crippen MR) is 80.1 cm³/mol. The number of carbonyl (C=O) groups excluding carboxylic acids is 1. The van der Waals surface area contributed by atoms with Crippen LogP contribution in [-0.2, 0) is 4.79 Å². The van der Waals surface area contributed by atoms with Crippen molar-refractivity contribution in [2.75, 3.05) is 0 Å². The summed E-state index contributed by atoms with van der Waals surface area (Å²) in [5.74, 6) is -0.0748. The van der Waals surface area contributed by atoms with Gasteiger partial charge in [-0.2, -0.15) is 0 Å². The van der Waals surface area contributed by atoms with E-state index in [9.17, 15) is 4.79 Å². The van der Waals surface area contributed by atoms with Crippen LogP contribution in [0, 0.1) is 0 Å². The average molecular weight is 308 g/mol. The number of primary amides is 1. The Labute approximate surface area is 124 Å². The number of amides is 1. The van der Waals surface area contributed by atoms with Gasteiger partial charge >= 0.3 is 0 Å². The van der Waals surface area contributed by atoms with Gasteiger partial charge in [0.25, 0.3) is 5.22 Å². The van der Waals surface area contributed by atoms with E-state index >= 15 is 0 Å². The number of rotatable bonds is 5. The molecule has 0 aliphatic carbocycles. The van der Waals surface area contributed by atoms with Crippen LogP contribution >= 0.6 is 24.0 Å². The minimum Gasteiger partial charge on any atom is -0.411 e. The first-order valence-electron chi connectivity index (χ1n) is 5.67. The second kappa shape index (κ2) is 6.02. The van der Waals surface area contributed by atoms with Gasteiger partial charge in [0.15, 0.2) is 0 Å². The van der Waals surface area contributed by atoms with E-state index in [2.05, 4.69) is 10.2 Å². The number of thioether (sulfide) groups is 1. The maximum atomic E-state index is 11.0. The number of carbonyl (C=O) groups is 1. The van der Waals surface area contributed by atoms with Crippen LogP contribution in [0.15, 0.2) is 33.9 Å². The van der Waals surface area contributed by atoms with Crippen molar-refractivity contribution in [3.8, 4) is 11.5 Å². The lowest BCUT2D eigenvalue weighted by Crippen LogP contribution is -2.22. The molecule has 1 atom stereocenters. The van der Waals surface area contributed by atoms with Crippen molar-refractivity contribution in [3.63, 3.8) is 0 Å². The SMILES string of the molecule is C[C@@H](Sc1nnc(-c2ccc(C(N)=S)cc2)o1)C(N)=O. The molecule has 0 fully saturated rings. The number of nitrogens with zero attached hydrogens (tertiary/aromatic N) is 2. The molecular weight excluding hydrogens is 296 g/mol. The molecule has 6 nitrogen and oxygen atoms in total. The van der Waals surface area contributed by atoms with E-state index in [1.807, 2.05) is 0 Å². The second-order valence-electron chi connectivity index (χ2n) is 3.98. The topological polar surface area (TPSA) is 108 Å². The molecule has 1 aromatic carbocycles. The zero-order chi connectivity index (χ0) is 14.7. The van der Waals surface area contributed by atoms with Crippen LogP contribution < -0.4 is 11.5 Å². The lowest BCUT2D eigenvalue weighted by atomic mass is 10.1. The minimum absolute atomic E-state index is 0.296. The highest BCUT2D eigenvalue weighted by Gasteiger charge is 2.16. The molecule has 2 aromatic rings. The molecule has 8 heteroatoms. The van der Waals surface area contributed by atoms with Crippen LogP contribution in [-0.4, -0.2) is 26.3 Å². The zero-order valence-corrected chi connectivity index (χ0v) is 12.2. The van der Waals surface area contributed by atoms with E-state index in [1.54, 1.807) is 31.2 Å². The van der Waals surface area contributed by atoms with Crippen LogP contribution in [0.25, 0.3) is 11.5 Å². The van der Waals surface area contributed by atoms with Crippen LogP contribution in [0.2, 0.25) is 0 Å². The Hall–Kier alpha value is -1.93. The van der Waals surface area contributed by atoms with Crippen molar-refractivity contribution in [2.45, 2.75) is 17.4 Å². The normalized spacial score (nSPS) is 12.1. The van der Waals surface area contributed by atoms with Crippen LogP contribution in [0.1, 0.15) is 12.5 Å². The van der Waals surface area contributed by atoms with Gasteiger partial charge in [0.2, 0.25) is 11.8 Å². The summed E-state index contributed by atoms with van der Waals surface area (Å²) >= 11 is 6.00. The van der Waals surface area contributed by atoms with E-state index in [4.69, 9.17) is 28.1 Å². The molecule has 0 aliphatic rings. The fourth-order valence-electron chi connectivity index (χ4n) is 1.36. The van der Waals surface area contributed by atoms with Gasteiger partial charge in [-0.1, -0.05) is 36.1 Å². The Morgan fingerprint density at radius 2 is 1.95 bits per heavy atom. The zero-order valence-electron chi connectivity index (χ0n) is 10.6. The van der Waals surface area contributed by atoms with Crippen LogP contribution in [0.5, 0.6) is 0 Å². The lowest BCUT2D eigenvalue weighted by Gasteiger charge is -2.01. The summed E-state index contributed by atoms with van der Waals surface area (Å²) in [4.78, 5) is 11.3. The molecule has 1 heterocycles. The van der Waals surface area contributed by atoms with Gasteiger partial charge in [-0.15, -0.1) is 10.2 Å². The Bertz CT molecular complexity index is 639. The highest BCUT2D eigenvalue weighted by Crippen LogP contribution is 2.26. The van der Waals surface area contributed by atoms with E-state index in [0.29, 0.717) is 16.1 Å². The summed E-state index contributed by atoms with van der Waals surface area (Å²) in [5, 5.41) is 7.65. The number of hydrogen-bond donors (Lipinski definition) is 2. The number of hydrogen-bond acceptors (Lipinski definition) is 6. The maximum Gasteiger partial charge on any atom is 0.277 e. The quantitative estimate of drug-likeness (QED) is 0.633. The molecule has 4 N–H and O–H groups in total. The van der Waals surface area contributed by atoms with Crippen LogP contribution in [0.4, 0.5) is 0 Å². The summed E-state index contributed by atoms with van der Waals surface area (Å²) in [6.07, 6.45) is 0. The molecule has 20 heavy (non-hydrogen) atoms. The van der Waals surface area contributed by atoms with Crippen LogP contribution in [0.3, 0.4) is 0 Å². The first-order valence-corrected chi connectivity index (χ1v) is 6.96. The van der Waals surface area contributed by atoms with Gasteiger partial charge in [0.05, 0.1) is 5.25 Å². The minimum atomic E-state index is -0.435. The highest BCUT2D eigenvalue weighted by atomic mass is 32.2. The molecule has 1 amide bonds. The molecule has 0 saturated carbocycles. The average Bonchev–Trinajstić information content (AvgIpc) is 2.87. The van der Waals surface area contributed by atoms with E-state index in [-0.39, 0.29) is 0 Å². The summed E-state index contributed by atoms with van der Waals surface area (Å²) in [6, 6.07) is 7.13. The molecule has 0 saturated heterocycles. The van der Waals surface area contributed by atoms with E-state index in [0.717, 1.165) is 22.9 Å². The highest BCUT2D eigenvalue weighted by molar-refractivity contribution is 8.00. The van der Waals surface area contributed by atoms with Crippen molar-refractivity contribution >= 4 is 34.9 Å². The summed E-state index contributed by atoms with van der Waals surface area (Å²) in [6.45, 7) is 1.67. The number of benzene rings is 1. The Morgan fingerprint density at radius 1 is 1.30 bits per heavy atom. The van der Waals surface area contributed by atoms with Crippen molar-refractivity contribution in [2.24, 2.45) is 11.5 Å². The maximum absolute atomic E-state index is 11.0. The monoisotopic (exact) mass is 308 g/mol. The van der Waals surface area contributed by atoms with Gasteiger partial charge in [-0.05, 0) is 19.1 Å². The predicted octanol–water partition coefficient (Wildman–Crippen LogP) is 1.34. The fraction of sp³-hybridized carbons (Fsp3) is 0.167. The third kappa shape index (κ3) is 3.34. The van der Waals surface area contributed by atoms with Crippen molar-refractivity contribution in [1.82, 2.24) is 10.2 Å². The molecular formula is C12H12N4O2S2. The Morgan fingerprint density at radius 3 is 2.50 bits per heavy atom. The smallest absolute Gasteiger partial charge is 0.277 e. The Balaban J connectivity index is 2.16. The third-order valence-electron chi connectivity index (χ3n) is 2.50. The molecule has 0 bridgehead atoms. The standard InChI is InChI=1S/C12H12N4O2S2/c1-6(9(13)17)20-12-16-15-11(18-12)8-4-2-7(3-5-8)10(14)19/h2-6H,1H3,(H2,13,17)(H2,14,19)/t6-/m1/s1. The first kappa shape index (κ1) is 14.5. The Kier molecular flexibility index (Phi) is 4.35. The second-order valence-corrected chi connectivity index (χ2v) is 5.71. The molecule has 0 radical (unpaired) electrons. The summed E-state index contributed by atoms with van der Waals surface area (Å²) in [5.41, 5.74) is 12.2. The molecule has 0 unspecified atom stereocenters. The van der Waals surface area contributed by atoms with E-state index in [1.165, 1.54) is 0 Å².